The maximum absolute atomic E-state index is 13.4. The average Bonchev–Trinajstić information content (AvgIpc) is 2.93. The van der Waals surface area contributed by atoms with Gasteiger partial charge in [0.15, 0.2) is 0 Å². The second kappa shape index (κ2) is 13.9. The second-order valence-corrected chi connectivity index (χ2v) is 8.84. The zero-order valence-electron chi connectivity index (χ0n) is 20.7. The molecule has 1 heterocycles. The fourth-order valence-electron chi connectivity index (χ4n) is 4.22. The van der Waals surface area contributed by atoms with Gasteiger partial charge in [0, 0.05) is 5.69 Å². The van der Waals surface area contributed by atoms with E-state index in [1.54, 1.807) is 34.9 Å². The van der Waals surface area contributed by atoms with E-state index >= 15 is 0 Å². The van der Waals surface area contributed by atoms with Gasteiger partial charge in [0.2, 0.25) is 0 Å². The quantitative estimate of drug-likeness (QED) is 0.227. The Bertz CT molecular complexity index is 1450. The number of aromatic carboxylic acids is 1. The van der Waals surface area contributed by atoms with E-state index in [1.807, 2.05) is 60.7 Å². The number of carboxylic acid groups (broad SMARTS) is 1. The van der Waals surface area contributed by atoms with Gasteiger partial charge in [-0.25, -0.2) is 9.59 Å². The number of nitrogens with zero attached hydrogens (tertiary/aromatic N) is 1. The van der Waals surface area contributed by atoms with Crippen molar-refractivity contribution in [3.8, 4) is 11.1 Å². The van der Waals surface area contributed by atoms with Crippen LogP contribution < -0.4 is 5.56 Å². The standard InChI is InChI=1S/C31H29NO5.Na.H/c1-2-3-11-25-18-19-28(31(36)37-21-23-9-5-4-6-10-23)29(33)32(25)20-22-14-16-24(17-15-22)26-12-7-8-13-27(26)30(34)35;;/h4-10,12-19H,2-3,11,20-21H2,1H3,(H,34,35);;. The molecular weight excluding hydrogens is 489 g/mol. The number of ether oxygens (including phenoxy) is 1. The second-order valence-electron chi connectivity index (χ2n) is 8.84. The molecule has 4 rings (SSSR count). The van der Waals surface area contributed by atoms with Crippen LogP contribution in [0.15, 0.2) is 95.8 Å². The first-order valence-corrected chi connectivity index (χ1v) is 12.3. The summed E-state index contributed by atoms with van der Waals surface area (Å²) in [7, 11) is 0. The number of carbonyl (C=O) groups is 2. The normalized spacial score (nSPS) is 10.4. The number of hydrogen-bond donors (Lipinski definition) is 1. The molecule has 4 aromatic rings. The molecule has 0 aliphatic carbocycles. The van der Waals surface area contributed by atoms with Gasteiger partial charge in [-0.3, -0.25) is 4.79 Å². The Labute approximate surface area is 244 Å². The Balaban J connectivity index is 0.00000400. The minimum absolute atomic E-state index is 0. The Morgan fingerprint density at radius 2 is 1.50 bits per heavy atom. The molecule has 38 heavy (non-hydrogen) atoms. The van der Waals surface area contributed by atoms with E-state index in [4.69, 9.17) is 4.74 Å². The van der Waals surface area contributed by atoms with Crippen LogP contribution in [0.25, 0.3) is 11.1 Å². The van der Waals surface area contributed by atoms with Crippen molar-refractivity contribution in [3.05, 3.63) is 129 Å². The van der Waals surface area contributed by atoms with Gasteiger partial charge in [0.1, 0.15) is 12.2 Å². The Hall–Kier alpha value is -3.45. The summed E-state index contributed by atoms with van der Waals surface area (Å²) < 4.78 is 7.05. The van der Waals surface area contributed by atoms with Gasteiger partial charge >= 0.3 is 41.5 Å². The molecule has 0 spiro atoms. The molecule has 0 amide bonds. The Morgan fingerprint density at radius 3 is 2.18 bits per heavy atom. The molecule has 1 N–H and O–H groups in total. The van der Waals surface area contributed by atoms with Crippen molar-refractivity contribution in [1.82, 2.24) is 4.57 Å². The van der Waals surface area contributed by atoms with Crippen molar-refractivity contribution < 1.29 is 19.4 Å². The molecule has 0 saturated carbocycles. The van der Waals surface area contributed by atoms with E-state index < -0.39 is 11.9 Å². The summed E-state index contributed by atoms with van der Waals surface area (Å²) in [6.45, 7) is 2.47. The third-order valence-electron chi connectivity index (χ3n) is 6.25. The number of carboxylic acids is 1. The van der Waals surface area contributed by atoms with Gasteiger partial charge in [-0.1, -0.05) is 86.1 Å². The molecule has 0 fully saturated rings. The van der Waals surface area contributed by atoms with E-state index in [9.17, 15) is 19.5 Å². The number of carbonyl (C=O) groups excluding carboxylic acids is 1. The van der Waals surface area contributed by atoms with Crippen LogP contribution in [0, 0.1) is 0 Å². The fraction of sp³-hybridized carbons (Fsp3) is 0.194. The number of unbranched alkanes of at least 4 members (excludes halogenated alkanes) is 1. The third kappa shape index (κ3) is 7.10. The van der Waals surface area contributed by atoms with Gasteiger partial charge in [-0.15, -0.1) is 0 Å². The van der Waals surface area contributed by atoms with Crippen molar-refractivity contribution in [3.63, 3.8) is 0 Å². The van der Waals surface area contributed by atoms with Crippen LogP contribution in [0.3, 0.4) is 0 Å². The summed E-state index contributed by atoms with van der Waals surface area (Å²) >= 11 is 0. The number of esters is 1. The molecule has 0 aliphatic heterocycles. The van der Waals surface area contributed by atoms with Crippen LogP contribution >= 0.6 is 0 Å². The minimum atomic E-state index is -0.984. The third-order valence-corrected chi connectivity index (χ3v) is 6.25. The maximum atomic E-state index is 13.4. The van der Waals surface area contributed by atoms with Crippen molar-refractivity contribution >= 4 is 41.5 Å². The van der Waals surface area contributed by atoms with Crippen molar-refractivity contribution in [2.75, 3.05) is 0 Å². The Kier molecular flexibility index (Phi) is 10.7. The molecule has 0 atom stereocenters. The van der Waals surface area contributed by atoms with Crippen LogP contribution in [0.1, 0.15) is 57.3 Å². The Morgan fingerprint density at radius 1 is 0.816 bits per heavy atom. The molecular formula is C31H30NNaO5. The predicted octanol–water partition coefficient (Wildman–Crippen LogP) is 5.31. The molecule has 1 aromatic heterocycles. The summed E-state index contributed by atoms with van der Waals surface area (Å²) in [6, 6.07) is 27.0. The van der Waals surface area contributed by atoms with Gasteiger partial charge < -0.3 is 14.4 Å². The van der Waals surface area contributed by atoms with Crippen LogP contribution in [-0.4, -0.2) is 51.2 Å². The van der Waals surface area contributed by atoms with E-state index in [0.29, 0.717) is 12.1 Å². The number of hydrogen-bond acceptors (Lipinski definition) is 4. The first-order chi connectivity index (χ1) is 18.0. The SMILES string of the molecule is CCCCc1ccc(C(=O)OCc2ccccc2)c(=O)n1Cc1ccc(-c2ccccc2C(=O)O)cc1.[NaH]. The summed E-state index contributed by atoms with van der Waals surface area (Å²) in [6.07, 6.45) is 2.62. The van der Waals surface area contributed by atoms with Crippen LogP contribution in [0.5, 0.6) is 0 Å². The number of pyridine rings is 1. The number of aromatic nitrogens is 1. The van der Waals surface area contributed by atoms with Crippen molar-refractivity contribution in [2.24, 2.45) is 0 Å². The number of benzene rings is 3. The molecule has 3 aromatic carbocycles. The van der Waals surface area contributed by atoms with E-state index in [-0.39, 0.29) is 52.9 Å². The van der Waals surface area contributed by atoms with E-state index in [2.05, 4.69) is 6.92 Å². The first-order valence-electron chi connectivity index (χ1n) is 12.3. The monoisotopic (exact) mass is 519 g/mol. The molecule has 0 unspecified atom stereocenters. The van der Waals surface area contributed by atoms with Gasteiger partial charge in [0.05, 0.1) is 12.1 Å². The van der Waals surface area contributed by atoms with Crippen LogP contribution in [0.4, 0.5) is 0 Å². The molecule has 7 heteroatoms. The van der Waals surface area contributed by atoms with Crippen molar-refractivity contribution in [1.29, 1.82) is 0 Å². The predicted molar refractivity (Wildman–Crippen MR) is 150 cm³/mol. The number of rotatable bonds is 10. The van der Waals surface area contributed by atoms with E-state index in [0.717, 1.165) is 41.6 Å². The summed E-state index contributed by atoms with van der Waals surface area (Å²) in [5, 5.41) is 9.51. The summed E-state index contributed by atoms with van der Waals surface area (Å²) in [5.41, 5.74) is 3.83. The van der Waals surface area contributed by atoms with Crippen LogP contribution in [0.2, 0.25) is 0 Å². The zero-order chi connectivity index (χ0) is 26.2. The van der Waals surface area contributed by atoms with Crippen LogP contribution in [-0.2, 0) is 24.3 Å². The molecule has 0 saturated heterocycles. The fourth-order valence-corrected chi connectivity index (χ4v) is 4.22. The van der Waals surface area contributed by atoms with Gasteiger partial charge in [0.25, 0.3) is 5.56 Å². The average molecular weight is 520 g/mol. The van der Waals surface area contributed by atoms with Gasteiger partial charge in [-0.05, 0) is 53.3 Å². The molecule has 6 nitrogen and oxygen atoms in total. The van der Waals surface area contributed by atoms with E-state index in [1.165, 1.54) is 0 Å². The molecule has 0 bridgehead atoms. The molecule has 190 valence electrons. The summed E-state index contributed by atoms with van der Waals surface area (Å²) in [4.78, 5) is 37.8. The topological polar surface area (TPSA) is 85.6 Å². The number of aryl methyl sites for hydroxylation is 1. The molecule has 0 radical (unpaired) electrons. The zero-order valence-corrected chi connectivity index (χ0v) is 20.7. The van der Waals surface area contributed by atoms with Gasteiger partial charge in [-0.2, -0.15) is 0 Å². The first kappa shape index (κ1) is 29.1. The summed E-state index contributed by atoms with van der Waals surface area (Å²) in [5.74, 6) is -1.63. The van der Waals surface area contributed by atoms with Crippen molar-refractivity contribution in [2.45, 2.75) is 39.3 Å². The molecule has 0 aliphatic rings.